The lowest BCUT2D eigenvalue weighted by atomic mass is 9.88. The first-order valence-corrected chi connectivity index (χ1v) is 7.29. The summed E-state index contributed by atoms with van der Waals surface area (Å²) in [5, 5.41) is 8.07. The van der Waals surface area contributed by atoms with Crippen LogP contribution in [0.2, 0.25) is 5.02 Å². The monoisotopic (exact) mass is 308 g/mol. The minimum absolute atomic E-state index is 0.201. The summed E-state index contributed by atoms with van der Waals surface area (Å²) in [4.78, 5) is 14.2. The van der Waals surface area contributed by atoms with E-state index < -0.39 is 0 Å². The molecule has 2 aliphatic rings. The fourth-order valence-electron chi connectivity index (χ4n) is 2.55. The molecule has 2 aliphatic heterocycles. The lowest BCUT2D eigenvalue weighted by Crippen LogP contribution is -2.42. The van der Waals surface area contributed by atoms with E-state index in [9.17, 15) is 0 Å². The first-order chi connectivity index (χ1) is 10.2. The van der Waals surface area contributed by atoms with Crippen molar-refractivity contribution in [2.75, 3.05) is 20.2 Å². The quantitative estimate of drug-likeness (QED) is 0.672. The zero-order valence-corrected chi connectivity index (χ0v) is 12.6. The molecule has 0 amide bonds. The maximum atomic E-state index is 5.81. The van der Waals surface area contributed by atoms with Gasteiger partial charge in [-0.15, -0.1) is 0 Å². The van der Waals surface area contributed by atoms with Gasteiger partial charge in [0.05, 0.1) is 12.1 Å². The van der Waals surface area contributed by atoms with Crippen LogP contribution in [0.1, 0.15) is 19.3 Å². The highest BCUT2D eigenvalue weighted by Gasteiger charge is 2.41. The normalized spacial score (nSPS) is 21.0. The van der Waals surface area contributed by atoms with E-state index in [1.807, 2.05) is 0 Å². The maximum absolute atomic E-state index is 5.81. The van der Waals surface area contributed by atoms with Crippen LogP contribution in [0, 0.1) is 0 Å². The molecule has 7 heteroatoms. The second-order valence-corrected chi connectivity index (χ2v) is 5.63. The van der Waals surface area contributed by atoms with Crippen molar-refractivity contribution in [2.24, 2.45) is 10.1 Å². The molecule has 0 saturated carbocycles. The van der Waals surface area contributed by atoms with E-state index in [0.29, 0.717) is 16.7 Å². The van der Waals surface area contributed by atoms with Crippen LogP contribution < -0.4 is 5.32 Å². The van der Waals surface area contributed by atoms with Crippen molar-refractivity contribution in [1.82, 2.24) is 10.3 Å². The summed E-state index contributed by atoms with van der Waals surface area (Å²) in [5.41, 5.74) is 0.531. The topological polar surface area (TPSA) is 68.1 Å². The van der Waals surface area contributed by atoms with Gasteiger partial charge in [0, 0.05) is 25.5 Å². The number of halogens is 1. The zero-order chi connectivity index (χ0) is 14.7. The summed E-state index contributed by atoms with van der Waals surface area (Å²) in [6, 6.07) is 3.47. The molecule has 0 bridgehead atoms. The van der Waals surface area contributed by atoms with E-state index in [2.05, 4.69) is 20.4 Å². The number of pyridine rings is 1. The van der Waals surface area contributed by atoms with Crippen LogP contribution in [0.4, 0.5) is 5.82 Å². The summed E-state index contributed by atoms with van der Waals surface area (Å²) in [5.74, 6) is 0.977. The predicted molar refractivity (Wildman–Crippen MR) is 81.3 cm³/mol. The predicted octanol–water partition coefficient (Wildman–Crippen LogP) is 2.31. The summed E-state index contributed by atoms with van der Waals surface area (Å²) in [6.45, 7) is 1.89. The van der Waals surface area contributed by atoms with E-state index in [4.69, 9.17) is 21.2 Å². The first-order valence-electron chi connectivity index (χ1n) is 6.91. The summed E-state index contributed by atoms with van der Waals surface area (Å²) in [6.07, 6.45) is 4.15. The molecule has 1 N–H and O–H groups in total. The number of nitrogens with zero attached hydrogens (tertiary/aromatic N) is 3. The Kier molecular flexibility index (Phi) is 4.07. The summed E-state index contributed by atoms with van der Waals surface area (Å²) < 4.78 is 5.35. The third-order valence-corrected chi connectivity index (χ3v) is 3.95. The molecule has 3 rings (SSSR count). The minimum atomic E-state index is -0.201. The van der Waals surface area contributed by atoms with Gasteiger partial charge in [0.15, 0.2) is 5.82 Å². The molecule has 112 valence electrons. The molecule has 1 spiro atoms. The summed E-state index contributed by atoms with van der Waals surface area (Å²) in [7, 11) is 1.57. The molecular weight excluding hydrogens is 292 g/mol. The number of rotatable bonds is 2. The number of nitrogens with one attached hydrogen (secondary N) is 1. The lowest BCUT2D eigenvalue weighted by molar-refractivity contribution is -0.0400. The van der Waals surface area contributed by atoms with Crippen molar-refractivity contribution in [2.45, 2.75) is 24.9 Å². The van der Waals surface area contributed by atoms with Crippen LogP contribution in [0.5, 0.6) is 0 Å². The van der Waals surface area contributed by atoms with Gasteiger partial charge in [0.2, 0.25) is 5.90 Å². The molecule has 6 nitrogen and oxygen atoms in total. The van der Waals surface area contributed by atoms with Crippen LogP contribution >= 0.6 is 11.6 Å². The Hall–Kier alpha value is -1.66. The Morgan fingerprint density at radius 1 is 1.43 bits per heavy atom. The van der Waals surface area contributed by atoms with E-state index in [-0.39, 0.29) is 5.60 Å². The SMILES string of the molecule is CO/C(=N\c1ccc(Cl)cn1)C1=NOC2(CCNCC2)C1. The standard InChI is InChI=1S/C14H17ClN4O2/c1-20-13(18-12-3-2-10(15)9-17-12)11-8-14(21-19-11)4-6-16-7-5-14/h2-3,9,16H,4-8H2,1H3/b18-13-. The van der Waals surface area contributed by atoms with Crippen molar-refractivity contribution in [3.8, 4) is 0 Å². The minimum Gasteiger partial charge on any atom is -0.480 e. The van der Waals surface area contributed by atoms with Crippen LogP contribution in [-0.2, 0) is 9.57 Å². The largest absolute Gasteiger partial charge is 0.480 e. The zero-order valence-electron chi connectivity index (χ0n) is 11.8. The number of aliphatic imine (C=N–C) groups is 1. The van der Waals surface area contributed by atoms with Gasteiger partial charge in [-0.2, -0.15) is 4.99 Å². The summed E-state index contributed by atoms with van der Waals surface area (Å²) >= 11 is 5.81. The number of piperidine rings is 1. The molecule has 0 radical (unpaired) electrons. The Balaban J connectivity index is 1.76. The number of oxime groups is 1. The molecule has 1 aromatic heterocycles. The van der Waals surface area contributed by atoms with Gasteiger partial charge in [0.1, 0.15) is 11.3 Å². The first kappa shape index (κ1) is 14.3. The average Bonchev–Trinajstić information content (AvgIpc) is 2.91. The van der Waals surface area contributed by atoms with E-state index in [1.165, 1.54) is 0 Å². The molecular formula is C14H17ClN4O2. The molecule has 1 aromatic rings. The van der Waals surface area contributed by atoms with Gasteiger partial charge >= 0.3 is 0 Å². The van der Waals surface area contributed by atoms with Gasteiger partial charge in [-0.1, -0.05) is 16.8 Å². The van der Waals surface area contributed by atoms with Crippen molar-refractivity contribution >= 4 is 29.0 Å². The molecule has 1 fully saturated rings. The third kappa shape index (κ3) is 3.16. The van der Waals surface area contributed by atoms with Crippen LogP contribution in [-0.4, -0.2) is 42.4 Å². The average molecular weight is 309 g/mol. The van der Waals surface area contributed by atoms with Gasteiger partial charge in [0.25, 0.3) is 0 Å². The van der Waals surface area contributed by atoms with E-state index in [1.54, 1.807) is 25.4 Å². The maximum Gasteiger partial charge on any atom is 0.240 e. The highest BCUT2D eigenvalue weighted by atomic mass is 35.5. The van der Waals surface area contributed by atoms with Crippen LogP contribution in [0.3, 0.4) is 0 Å². The fourth-order valence-corrected chi connectivity index (χ4v) is 2.66. The molecule has 0 aromatic carbocycles. The van der Waals surface area contributed by atoms with Crippen molar-refractivity contribution < 1.29 is 9.57 Å². The smallest absolute Gasteiger partial charge is 0.240 e. The molecule has 3 heterocycles. The molecule has 0 unspecified atom stereocenters. The van der Waals surface area contributed by atoms with E-state index >= 15 is 0 Å². The molecule has 1 saturated heterocycles. The van der Waals surface area contributed by atoms with Crippen molar-refractivity contribution in [3.05, 3.63) is 23.4 Å². The number of methoxy groups -OCH3 is 1. The van der Waals surface area contributed by atoms with Crippen LogP contribution in [0.25, 0.3) is 0 Å². The van der Waals surface area contributed by atoms with Crippen molar-refractivity contribution in [3.63, 3.8) is 0 Å². The Labute approximate surface area is 128 Å². The molecule has 0 aliphatic carbocycles. The van der Waals surface area contributed by atoms with Gasteiger partial charge < -0.3 is 14.9 Å². The fraction of sp³-hybridized carbons (Fsp3) is 0.500. The Morgan fingerprint density at radius 3 is 2.90 bits per heavy atom. The number of hydrogen-bond acceptors (Lipinski definition) is 6. The Bertz CT molecular complexity index is 565. The second kappa shape index (κ2) is 5.99. The van der Waals surface area contributed by atoms with Crippen LogP contribution in [0.15, 0.2) is 28.5 Å². The van der Waals surface area contributed by atoms with Gasteiger partial charge in [-0.25, -0.2) is 4.98 Å². The number of aromatic nitrogens is 1. The Morgan fingerprint density at radius 2 is 2.24 bits per heavy atom. The third-order valence-electron chi connectivity index (χ3n) is 3.72. The molecule has 0 atom stereocenters. The number of hydrogen-bond donors (Lipinski definition) is 1. The van der Waals surface area contributed by atoms with Crippen molar-refractivity contribution in [1.29, 1.82) is 0 Å². The van der Waals surface area contributed by atoms with E-state index in [0.717, 1.165) is 38.1 Å². The van der Waals surface area contributed by atoms with Gasteiger partial charge in [-0.05, 0) is 25.2 Å². The lowest BCUT2D eigenvalue weighted by Gasteiger charge is -2.30. The second-order valence-electron chi connectivity index (χ2n) is 5.19. The number of ether oxygens (including phenoxy) is 1. The highest BCUT2D eigenvalue weighted by Crippen LogP contribution is 2.33. The highest BCUT2D eigenvalue weighted by molar-refractivity contribution is 6.39. The molecule has 21 heavy (non-hydrogen) atoms. The van der Waals surface area contributed by atoms with Gasteiger partial charge in [-0.3, -0.25) is 0 Å².